The molecule has 1 heterocycles. The number of halogens is 3. The van der Waals surface area contributed by atoms with Crippen LogP contribution in [0.3, 0.4) is 0 Å². The van der Waals surface area contributed by atoms with E-state index in [9.17, 15) is 18.0 Å². The highest BCUT2D eigenvalue weighted by atomic mass is 19.4. The molecule has 4 nitrogen and oxygen atoms in total. The van der Waals surface area contributed by atoms with Gasteiger partial charge in [-0.1, -0.05) is 12.1 Å². The molecule has 86 valence electrons. The van der Waals surface area contributed by atoms with Crippen molar-refractivity contribution in [2.75, 3.05) is 5.32 Å². The number of amides is 1. The van der Waals surface area contributed by atoms with Crippen molar-refractivity contribution in [2.24, 2.45) is 0 Å². The highest BCUT2D eigenvalue weighted by molar-refractivity contribution is 6.00. The molecule has 1 aliphatic heterocycles. The second-order valence-electron chi connectivity index (χ2n) is 3.19. The summed E-state index contributed by atoms with van der Waals surface area (Å²) in [6.07, 6.45) is -5.20. The fourth-order valence-electron chi connectivity index (χ4n) is 1.26. The van der Waals surface area contributed by atoms with Gasteiger partial charge in [-0.25, -0.2) is 0 Å². The molecule has 0 saturated heterocycles. The number of benzene rings is 1. The summed E-state index contributed by atoms with van der Waals surface area (Å²) in [6, 6.07) is 5.52. The first-order valence-electron chi connectivity index (χ1n) is 4.23. The Morgan fingerprint density at radius 3 is 2.56 bits per heavy atom. The van der Waals surface area contributed by atoms with Crippen LogP contribution in [0.5, 0.6) is 5.75 Å². The molecule has 0 spiro atoms. The molecule has 1 aromatic carbocycles. The summed E-state index contributed by atoms with van der Waals surface area (Å²) in [4.78, 5) is 11.1. The summed E-state index contributed by atoms with van der Waals surface area (Å²) >= 11 is 0. The molecule has 2 N–H and O–H groups in total. The summed E-state index contributed by atoms with van der Waals surface area (Å²) in [7, 11) is 0. The Bertz CT molecular complexity index is 446. The summed E-state index contributed by atoms with van der Waals surface area (Å²) in [5, 5.41) is 11.1. The smallest absolute Gasteiger partial charge is 0.444 e. The minimum absolute atomic E-state index is 0.0847. The molecule has 0 saturated carbocycles. The van der Waals surface area contributed by atoms with Gasteiger partial charge in [0, 0.05) is 0 Å². The van der Waals surface area contributed by atoms with Gasteiger partial charge >= 0.3 is 17.9 Å². The minimum atomic E-state index is -5.20. The molecule has 0 fully saturated rings. The number of alkyl halides is 3. The normalized spacial score (nSPS) is 24.4. The minimum Gasteiger partial charge on any atom is -0.444 e. The van der Waals surface area contributed by atoms with Crippen LogP contribution in [0, 0.1) is 0 Å². The van der Waals surface area contributed by atoms with Crippen LogP contribution in [0.1, 0.15) is 0 Å². The summed E-state index contributed by atoms with van der Waals surface area (Å²) in [6.45, 7) is 0. The van der Waals surface area contributed by atoms with Crippen LogP contribution in [0.15, 0.2) is 24.3 Å². The van der Waals surface area contributed by atoms with E-state index in [-0.39, 0.29) is 11.4 Å². The van der Waals surface area contributed by atoms with E-state index in [4.69, 9.17) is 5.11 Å². The lowest BCUT2D eigenvalue weighted by atomic mass is 10.1. The Morgan fingerprint density at radius 2 is 1.94 bits per heavy atom. The Balaban J connectivity index is 2.46. The number of ether oxygens (including phenoxy) is 1. The van der Waals surface area contributed by atoms with Crippen LogP contribution >= 0.6 is 0 Å². The average molecular weight is 233 g/mol. The van der Waals surface area contributed by atoms with Gasteiger partial charge in [0.2, 0.25) is 0 Å². The van der Waals surface area contributed by atoms with Crippen molar-refractivity contribution in [3.8, 4) is 5.75 Å². The molecule has 0 radical (unpaired) electrons. The van der Waals surface area contributed by atoms with Gasteiger partial charge in [-0.2, -0.15) is 13.2 Å². The molecule has 1 amide bonds. The maximum atomic E-state index is 12.4. The number of aliphatic hydroxyl groups is 1. The first-order valence-corrected chi connectivity index (χ1v) is 4.23. The number of carbonyl (C=O) groups is 1. The van der Waals surface area contributed by atoms with Crippen molar-refractivity contribution in [2.45, 2.75) is 12.0 Å². The summed E-state index contributed by atoms with van der Waals surface area (Å²) in [5.41, 5.74) is 0.0847. The molecule has 0 bridgehead atoms. The van der Waals surface area contributed by atoms with Crippen molar-refractivity contribution < 1.29 is 27.8 Å². The predicted molar refractivity (Wildman–Crippen MR) is 46.7 cm³/mol. The van der Waals surface area contributed by atoms with Gasteiger partial charge in [0.05, 0.1) is 5.69 Å². The van der Waals surface area contributed by atoms with Gasteiger partial charge in [-0.15, -0.1) is 0 Å². The number of fused-ring (bicyclic) bond motifs is 1. The third-order valence-electron chi connectivity index (χ3n) is 2.08. The lowest BCUT2D eigenvalue weighted by Crippen LogP contribution is -2.60. The number of anilines is 1. The van der Waals surface area contributed by atoms with Crippen molar-refractivity contribution in [3.63, 3.8) is 0 Å². The number of hydrogen-bond acceptors (Lipinski definition) is 3. The lowest BCUT2D eigenvalue weighted by Gasteiger charge is -2.33. The van der Waals surface area contributed by atoms with E-state index in [1.165, 1.54) is 24.3 Å². The van der Waals surface area contributed by atoms with E-state index in [0.29, 0.717) is 0 Å². The van der Waals surface area contributed by atoms with Gasteiger partial charge in [0.15, 0.2) is 0 Å². The lowest BCUT2D eigenvalue weighted by molar-refractivity contribution is -0.316. The van der Waals surface area contributed by atoms with Crippen molar-refractivity contribution in [1.29, 1.82) is 0 Å². The van der Waals surface area contributed by atoms with Crippen molar-refractivity contribution in [3.05, 3.63) is 24.3 Å². The third-order valence-corrected chi connectivity index (χ3v) is 2.08. The molecule has 1 atom stereocenters. The second-order valence-corrected chi connectivity index (χ2v) is 3.19. The highest BCUT2D eigenvalue weighted by Gasteiger charge is 2.64. The first kappa shape index (κ1) is 10.7. The first-order chi connectivity index (χ1) is 7.34. The fourth-order valence-corrected chi connectivity index (χ4v) is 1.26. The monoisotopic (exact) mass is 233 g/mol. The van der Waals surface area contributed by atoms with E-state index in [2.05, 4.69) is 4.74 Å². The zero-order valence-electron chi connectivity index (χ0n) is 7.71. The number of carbonyl (C=O) groups excluding carboxylic acids is 1. The maximum absolute atomic E-state index is 12.4. The largest absolute Gasteiger partial charge is 0.465 e. The fraction of sp³-hybridized carbons (Fsp3) is 0.222. The molecular formula is C9H6F3NO3. The number of hydrogen-bond donors (Lipinski definition) is 2. The van der Waals surface area contributed by atoms with Crippen LogP contribution in [0.4, 0.5) is 18.9 Å². The topological polar surface area (TPSA) is 58.6 Å². The van der Waals surface area contributed by atoms with Crippen molar-refractivity contribution in [1.82, 2.24) is 0 Å². The van der Waals surface area contributed by atoms with Crippen LogP contribution < -0.4 is 10.1 Å². The number of nitrogens with one attached hydrogen (secondary N) is 1. The van der Waals surface area contributed by atoms with Gasteiger partial charge in [0.1, 0.15) is 5.75 Å². The number of rotatable bonds is 0. The van der Waals surface area contributed by atoms with E-state index in [0.717, 1.165) is 0 Å². The van der Waals surface area contributed by atoms with E-state index in [1.807, 2.05) is 5.32 Å². The number of para-hydroxylation sites is 2. The Morgan fingerprint density at radius 1 is 1.31 bits per heavy atom. The molecule has 1 aliphatic rings. The van der Waals surface area contributed by atoms with E-state index < -0.39 is 17.9 Å². The highest BCUT2D eigenvalue weighted by Crippen LogP contribution is 2.40. The van der Waals surface area contributed by atoms with E-state index >= 15 is 0 Å². The molecule has 0 aromatic heterocycles. The standard InChI is InChI=1S/C9H6F3NO3/c10-9(11,12)8(15)7(14)13-5-3-1-2-4-6(5)16-8/h1-4,15H,(H,13,14). The van der Waals surface area contributed by atoms with E-state index in [1.54, 1.807) is 0 Å². The Hall–Kier alpha value is -1.76. The predicted octanol–water partition coefficient (Wildman–Crippen LogP) is 1.27. The summed E-state index contributed by atoms with van der Waals surface area (Å²) < 4.78 is 41.6. The third kappa shape index (κ3) is 1.40. The molecule has 16 heavy (non-hydrogen) atoms. The van der Waals surface area contributed by atoms with Gasteiger partial charge < -0.3 is 15.2 Å². The van der Waals surface area contributed by atoms with Crippen LogP contribution in [0.2, 0.25) is 0 Å². The molecule has 1 aromatic rings. The van der Waals surface area contributed by atoms with Gasteiger partial charge in [-0.05, 0) is 12.1 Å². The Kier molecular flexibility index (Phi) is 2.09. The quantitative estimate of drug-likeness (QED) is 0.709. The van der Waals surface area contributed by atoms with Gasteiger partial charge in [0.25, 0.3) is 0 Å². The SMILES string of the molecule is O=C1Nc2ccccc2OC1(O)C(F)(F)F. The van der Waals surface area contributed by atoms with Crippen LogP contribution in [0.25, 0.3) is 0 Å². The Labute approximate surface area is 87.6 Å². The zero-order valence-corrected chi connectivity index (χ0v) is 7.71. The van der Waals surface area contributed by atoms with Gasteiger partial charge in [-0.3, -0.25) is 4.79 Å². The van der Waals surface area contributed by atoms with Crippen LogP contribution in [-0.4, -0.2) is 23.0 Å². The average Bonchev–Trinajstić information content (AvgIpc) is 2.18. The molecular weight excluding hydrogens is 227 g/mol. The van der Waals surface area contributed by atoms with Crippen LogP contribution in [-0.2, 0) is 4.79 Å². The molecule has 1 unspecified atom stereocenters. The molecule has 2 rings (SSSR count). The summed E-state index contributed by atoms with van der Waals surface area (Å²) in [5.74, 6) is -5.72. The maximum Gasteiger partial charge on any atom is 0.465 e. The second kappa shape index (κ2) is 3.11. The zero-order chi connectivity index (χ0) is 12.0. The molecule has 0 aliphatic carbocycles. The van der Waals surface area contributed by atoms with Crippen molar-refractivity contribution >= 4 is 11.6 Å². The molecule has 7 heteroatoms.